The molecule has 0 aliphatic carbocycles. The number of hydrogen-bond donors (Lipinski definition) is 1. The molecule has 29 heavy (non-hydrogen) atoms. The van der Waals surface area contributed by atoms with Crippen molar-refractivity contribution in [1.29, 1.82) is 0 Å². The van der Waals surface area contributed by atoms with Crippen LogP contribution in [0.25, 0.3) is 10.8 Å². The molecule has 0 aliphatic rings. The van der Waals surface area contributed by atoms with E-state index in [4.69, 9.17) is 4.74 Å². The van der Waals surface area contributed by atoms with Crippen molar-refractivity contribution in [3.05, 3.63) is 70.2 Å². The first-order valence-corrected chi connectivity index (χ1v) is 10.1. The lowest BCUT2D eigenvalue weighted by molar-refractivity contribution is -0.135. The van der Waals surface area contributed by atoms with E-state index in [9.17, 15) is 9.59 Å². The van der Waals surface area contributed by atoms with Crippen molar-refractivity contribution in [2.24, 2.45) is 0 Å². The van der Waals surface area contributed by atoms with Gasteiger partial charge in [-0.25, -0.2) is 0 Å². The highest BCUT2D eigenvalue weighted by Gasteiger charge is 2.16. The van der Waals surface area contributed by atoms with Gasteiger partial charge in [-0.3, -0.25) is 9.59 Å². The van der Waals surface area contributed by atoms with Gasteiger partial charge in [-0.1, -0.05) is 48.5 Å². The van der Waals surface area contributed by atoms with Gasteiger partial charge in [-0.05, 0) is 57.7 Å². The Morgan fingerprint density at radius 1 is 1.00 bits per heavy atom. The highest BCUT2D eigenvalue weighted by atomic mass is 79.9. The van der Waals surface area contributed by atoms with Crippen molar-refractivity contribution in [2.45, 2.75) is 13.8 Å². The number of anilines is 1. The largest absolute Gasteiger partial charge is 0.483 e. The highest BCUT2D eigenvalue weighted by Crippen LogP contribution is 2.33. The van der Waals surface area contributed by atoms with Gasteiger partial charge < -0.3 is 15.0 Å². The molecule has 0 heterocycles. The molecule has 0 saturated carbocycles. The Morgan fingerprint density at radius 3 is 2.41 bits per heavy atom. The quantitative estimate of drug-likeness (QED) is 0.587. The van der Waals surface area contributed by atoms with Gasteiger partial charge in [0, 0.05) is 12.7 Å². The summed E-state index contributed by atoms with van der Waals surface area (Å²) >= 11 is 3.55. The standard InChI is InChI=1S/C23H23BrN2O3/c1-15-7-6-8-16(2)23(15)25-20(27)13-26(3)21(28)14-29-19-12-11-17-9-4-5-10-18(17)22(19)24/h4-12H,13-14H2,1-3H3,(H,25,27). The summed E-state index contributed by atoms with van der Waals surface area (Å²) in [6.07, 6.45) is 0. The Kier molecular flexibility index (Phi) is 6.54. The van der Waals surface area contributed by atoms with Crippen LogP contribution in [0.1, 0.15) is 11.1 Å². The Balaban J connectivity index is 1.58. The van der Waals surface area contributed by atoms with Crippen molar-refractivity contribution in [3.8, 4) is 5.75 Å². The summed E-state index contributed by atoms with van der Waals surface area (Å²) < 4.78 is 6.50. The predicted molar refractivity (Wildman–Crippen MR) is 119 cm³/mol. The molecule has 150 valence electrons. The van der Waals surface area contributed by atoms with Gasteiger partial charge in [-0.2, -0.15) is 0 Å². The zero-order valence-electron chi connectivity index (χ0n) is 16.7. The molecule has 0 spiro atoms. The smallest absolute Gasteiger partial charge is 0.260 e. The summed E-state index contributed by atoms with van der Waals surface area (Å²) in [5.41, 5.74) is 2.75. The molecular formula is C23H23BrN2O3. The third-order valence-electron chi connectivity index (χ3n) is 4.73. The van der Waals surface area contributed by atoms with Crippen LogP contribution in [-0.2, 0) is 9.59 Å². The Bertz CT molecular complexity index is 1040. The molecule has 5 nitrogen and oxygen atoms in total. The summed E-state index contributed by atoms with van der Waals surface area (Å²) in [5, 5.41) is 4.98. The lowest BCUT2D eigenvalue weighted by Gasteiger charge is -2.19. The van der Waals surface area contributed by atoms with E-state index >= 15 is 0 Å². The molecule has 0 aromatic heterocycles. The molecule has 0 radical (unpaired) electrons. The Labute approximate surface area is 178 Å². The lowest BCUT2D eigenvalue weighted by atomic mass is 10.1. The van der Waals surface area contributed by atoms with Crippen LogP contribution in [0.2, 0.25) is 0 Å². The molecular weight excluding hydrogens is 432 g/mol. The molecule has 1 N–H and O–H groups in total. The summed E-state index contributed by atoms with van der Waals surface area (Å²) in [5.74, 6) is 0.0669. The second-order valence-corrected chi connectivity index (χ2v) is 7.75. The number of likely N-dealkylation sites (N-methyl/N-ethyl adjacent to an activating group) is 1. The number of rotatable bonds is 6. The predicted octanol–water partition coefficient (Wildman–Crippen LogP) is 4.70. The number of carbonyl (C=O) groups excluding carboxylic acids is 2. The molecule has 6 heteroatoms. The fourth-order valence-corrected chi connectivity index (χ4v) is 3.68. The lowest BCUT2D eigenvalue weighted by Crippen LogP contribution is -2.37. The average Bonchev–Trinajstić information content (AvgIpc) is 2.70. The second-order valence-electron chi connectivity index (χ2n) is 6.95. The van der Waals surface area contributed by atoms with Crippen molar-refractivity contribution < 1.29 is 14.3 Å². The maximum atomic E-state index is 12.4. The van der Waals surface area contributed by atoms with Crippen LogP contribution < -0.4 is 10.1 Å². The van der Waals surface area contributed by atoms with Gasteiger partial charge in [0.1, 0.15) is 5.75 Å². The van der Waals surface area contributed by atoms with E-state index in [-0.39, 0.29) is 25.0 Å². The van der Waals surface area contributed by atoms with Crippen molar-refractivity contribution in [3.63, 3.8) is 0 Å². The number of carbonyl (C=O) groups is 2. The molecule has 0 fully saturated rings. The van der Waals surface area contributed by atoms with E-state index in [2.05, 4.69) is 21.2 Å². The number of aryl methyl sites for hydroxylation is 2. The third-order valence-corrected chi connectivity index (χ3v) is 5.55. The summed E-state index contributed by atoms with van der Waals surface area (Å²) in [4.78, 5) is 26.1. The van der Waals surface area contributed by atoms with Crippen molar-refractivity contribution >= 4 is 44.2 Å². The Morgan fingerprint density at radius 2 is 1.69 bits per heavy atom. The first-order valence-electron chi connectivity index (χ1n) is 9.27. The van der Waals surface area contributed by atoms with Crippen LogP contribution in [-0.4, -0.2) is 36.9 Å². The number of amides is 2. The number of nitrogens with zero attached hydrogens (tertiary/aromatic N) is 1. The van der Waals surface area contributed by atoms with Crippen LogP contribution in [0.5, 0.6) is 5.75 Å². The van der Waals surface area contributed by atoms with Crippen LogP contribution >= 0.6 is 15.9 Å². The zero-order chi connectivity index (χ0) is 21.0. The van der Waals surface area contributed by atoms with E-state index in [0.29, 0.717) is 5.75 Å². The minimum atomic E-state index is -0.276. The summed E-state index contributed by atoms with van der Waals surface area (Å²) in [6, 6.07) is 17.5. The number of hydrogen-bond acceptors (Lipinski definition) is 3. The molecule has 3 aromatic carbocycles. The number of halogens is 1. The number of fused-ring (bicyclic) bond motifs is 1. The van der Waals surface area contributed by atoms with Crippen molar-refractivity contribution in [2.75, 3.05) is 25.5 Å². The molecule has 0 aliphatic heterocycles. The zero-order valence-corrected chi connectivity index (χ0v) is 18.2. The van der Waals surface area contributed by atoms with Gasteiger partial charge in [0.05, 0.1) is 11.0 Å². The van der Waals surface area contributed by atoms with Crippen LogP contribution in [0, 0.1) is 13.8 Å². The molecule has 0 saturated heterocycles. The van der Waals surface area contributed by atoms with E-state index in [0.717, 1.165) is 32.1 Å². The number of ether oxygens (including phenoxy) is 1. The van der Waals surface area contributed by atoms with Gasteiger partial charge in [0.25, 0.3) is 5.91 Å². The molecule has 2 amide bonds. The minimum absolute atomic E-state index is 0.0468. The third kappa shape index (κ3) is 4.95. The monoisotopic (exact) mass is 454 g/mol. The molecule has 3 aromatic rings. The van der Waals surface area contributed by atoms with Gasteiger partial charge in [0.15, 0.2) is 6.61 Å². The number of para-hydroxylation sites is 1. The SMILES string of the molecule is Cc1cccc(C)c1NC(=O)CN(C)C(=O)COc1ccc2ccccc2c1Br. The highest BCUT2D eigenvalue weighted by molar-refractivity contribution is 9.10. The van der Waals surface area contributed by atoms with Gasteiger partial charge in [-0.15, -0.1) is 0 Å². The number of benzene rings is 3. The minimum Gasteiger partial charge on any atom is -0.483 e. The van der Waals surface area contributed by atoms with Crippen molar-refractivity contribution in [1.82, 2.24) is 4.90 Å². The Hall–Kier alpha value is -2.86. The van der Waals surface area contributed by atoms with Crippen LogP contribution in [0.15, 0.2) is 59.1 Å². The normalized spacial score (nSPS) is 10.6. The fourth-order valence-electron chi connectivity index (χ4n) is 3.07. The molecule has 0 atom stereocenters. The summed E-state index contributed by atoms with van der Waals surface area (Å²) in [7, 11) is 1.59. The molecule has 0 unspecified atom stereocenters. The van der Waals surface area contributed by atoms with E-state index in [1.54, 1.807) is 7.05 Å². The van der Waals surface area contributed by atoms with E-state index in [1.807, 2.05) is 68.4 Å². The van der Waals surface area contributed by atoms with Crippen LogP contribution in [0.3, 0.4) is 0 Å². The topological polar surface area (TPSA) is 58.6 Å². The van der Waals surface area contributed by atoms with Gasteiger partial charge >= 0.3 is 0 Å². The molecule has 3 rings (SSSR count). The first kappa shape index (κ1) is 20.9. The maximum Gasteiger partial charge on any atom is 0.260 e. The molecule has 0 bridgehead atoms. The number of nitrogens with one attached hydrogen (secondary N) is 1. The summed E-state index contributed by atoms with van der Waals surface area (Å²) in [6.45, 7) is 3.68. The second kappa shape index (κ2) is 9.09. The fraction of sp³-hybridized carbons (Fsp3) is 0.217. The maximum absolute atomic E-state index is 12.4. The van der Waals surface area contributed by atoms with Crippen LogP contribution in [0.4, 0.5) is 5.69 Å². The average molecular weight is 455 g/mol. The van der Waals surface area contributed by atoms with Gasteiger partial charge in [0.2, 0.25) is 5.91 Å². The van der Waals surface area contributed by atoms with E-state index in [1.165, 1.54) is 4.90 Å². The first-order chi connectivity index (χ1) is 13.9. The van der Waals surface area contributed by atoms with E-state index < -0.39 is 0 Å².